The number of ether oxygens (including phenoxy) is 2. The Balaban J connectivity index is 0.000000186. The van der Waals surface area contributed by atoms with Gasteiger partial charge in [-0.25, -0.2) is 16.8 Å². The van der Waals surface area contributed by atoms with Crippen molar-refractivity contribution in [3.63, 3.8) is 0 Å². The number of aromatic nitrogens is 2. The zero-order valence-electron chi connectivity index (χ0n) is 23.9. The van der Waals surface area contributed by atoms with Crippen LogP contribution < -0.4 is 5.43 Å². The number of halogens is 6. The van der Waals surface area contributed by atoms with E-state index in [1.54, 1.807) is 30.3 Å². The summed E-state index contributed by atoms with van der Waals surface area (Å²) in [5.74, 6) is 0. The summed E-state index contributed by atoms with van der Waals surface area (Å²) < 4.78 is 72.8. The van der Waals surface area contributed by atoms with Gasteiger partial charge in [0, 0.05) is 64.9 Å². The molecule has 6 rings (SSSR count). The van der Waals surface area contributed by atoms with Crippen molar-refractivity contribution in [2.24, 2.45) is 0 Å². The molecule has 2 saturated heterocycles. The lowest BCUT2D eigenvalue weighted by Crippen LogP contribution is -2.42. The summed E-state index contributed by atoms with van der Waals surface area (Å²) in [6.45, 7) is 2.53. The van der Waals surface area contributed by atoms with Gasteiger partial charge < -0.3 is 14.5 Å². The van der Waals surface area contributed by atoms with Crippen molar-refractivity contribution in [2.45, 2.75) is 9.79 Å². The normalized spacial score (nSPS) is 16.6. The van der Waals surface area contributed by atoms with Crippen molar-refractivity contribution in [2.75, 3.05) is 52.6 Å². The van der Waals surface area contributed by atoms with Crippen LogP contribution in [0.2, 0.25) is 15.1 Å². The molecule has 256 valence electrons. The van der Waals surface area contributed by atoms with Crippen LogP contribution >= 0.6 is 73.7 Å². The summed E-state index contributed by atoms with van der Waals surface area (Å²) >= 11 is 32.0. The Morgan fingerprint density at radius 3 is 1.74 bits per heavy atom. The molecule has 4 aromatic rings. The lowest BCUT2D eigenvalue weighted by molar-refractivity contribution is 0.0730. The van der Waals surface area contributed by atoms with Crippen LogP contribution in [0.5, 0.6) is 0 Å². The summed E-state index contributed by atoms with van der Waals surface area (Å²) in [5, 5.41) is -1.43. The van der Waals surface area contributed by atoms with Crippen LogP contribution in [0.15, 0.2) is 63.4 Å². The van der Waals surface area contributed by atoms with Gasteiger partial charge >= 0.3 is 5.20 Å². The van der Waals surface area contributed by atoms with E-state index in [-0.39, 0.29) is 33.3 Å². The van der Waals surface area contributed by atoms with Gasteiger partial charge in [-0.3, -0.25) is 14.3 Å². The van der Waals surface area contributed by atoms with Crippen LogP contribution in [0.1, 0.15) is 0 Å². The van der Waals surface area contributed by atoms with Crippen LogP contribution in [-0.4, -0.2) is 88.0 Å². The van der Waals surface area contributed by atoms with E-state index in [9.17, 15) is 26.2 Å². The third-order valence-corrected chi connectivity index (χ3v) is 11.5. The molecule has 12 nitrogen and oxygen atoms in total. The molecule has 2 aliphatic heterocycles. The number of pyridine rings is 2. The molecular formula is C26H25Cl6N4O8PS2. The second-order valence-electron chi connectivity index (χ2n) is 9.70. The maximum Gasteiger partial charge on any atom is 0.339 e. The molecule has 1 N–H and O–H groups in total. The zero-order chi connectivity index (χ0) is 34.6. The van der Waals surface area contributed by atoms with Crippen molar-refractivity contribution in [3.05, 3.63) is 74.1 Å². The Hall–Kier alpha value is -1.23. The lowest BCUT2D eigenvalue weighted by atomic mass is 10.2. The van der Waals surface area contributed by atoms with Crippen molar-refractivity contribution < 1.29 is 30.9 Å². The molecule has 0 spiro atoms. The minimum atomic E-state index is -3.83. The minimum Gasteiger partial charge on any atom is -0.379 e. The van der Waals surface area contributed by atoms with E-state index >= 15 is 0 Å². The first kappa shape index (κ1) is 38.6. The van der Waals surface area contributed by atoms with E-state index in [4.69, 9.17) is 44.3 Å². The van der Waals surface area contributed by atoms with Gasteiger partial charge in [-0.1, -0.05) is 34.8 Å². The van der Waals surface area contributed by atoms with Crippen molar-refractivity contribution in [1.82, 2.24) is 18.6 Å². The first-order chi connectivity index (χ1) is 22.0. The summed E-state index contributed by atoms with van der Waals surface area (Å²) in [6, 6.07) is 9.75. The van der Waals surface area contributed by atoms with Gasteiger partial charge in [0.2, 0.25) is 25.5 Å². The molecule has 4 heterocycles. The average molecular weight is 829 g/mol. The summed E-state index contributed by atoms with van der Waals surface area (Å²) in [6.07, 6.45) is 2.53. The lowest BCUT2D eigenvalue weighted by Gasteiger charge is -2.26. The van der Waals surface area contributed by atoms with Crippen LogP contribution in [0.25, 0.3) is 21.8 Å². The molecule has 0 atom stereocenters. The Kier molecular flexibility index (Phi) is 13.3. The van der Waals surface area contributed by atoms with Gasteiger partial charge in [-0.05, 0) is 70.1 Å². The fourth-order valence-corrected chi connectivity index (χ4v) is 8.24. The molecule has 0 unspecified atom stereocenters. The average Bonchev–Trinajstić information content (AvgIpc) is 3.02. The SMILES string of the molecule is O=P(Cl)(Cl)Cl.O=S(=O)(c1cnc2ccc(Cl)cc2c1Cl)N1CCOCC1.O=c1c(S(=O)(=O)N2CCOCC2)c[nH]c2ccc(Cl)cc12. The molecule has 0 aliphatic carbocycles. The molecule has 2 aromatic heterocycles. The minimum absolute atomic E-state index is 0.000772. The monoisotopic (exact) mass is 826 g/mol. The van der Waals surface area contributed by atoms with E-state index in [0.717, 1.165) is 0 Å². The predicted molar refractivity (Wildman–Crippen MR) is 186 cm³/mol. The van der Waals surface area contributed by atoms with Crippen molar-refractivity contribution in [1.29, 1.82) is 0 Å². The molecule has 0 radical (unpaired) electrons. The fourth-order valence-electron chi connectivity index (χ4n) is 4.51. The molecule has 47 heavy (non-hydrogen) atoms. The van der Waals surface area contributed by atoms with Gasteiger partial charge in [0.25, 0.3) is 0 Å². The molecule has 0 amide bonds. The van der Waals surface area contributed by atoms with E-state index in [1.807, 2.05) is 0 Å². The van der Waals surface area contributed by atoms with E-state index in [0.29, 0.717) is 66.0 Å². The van der Waals surface area contributed by atoms with Crippen LogP contribution in [0.3, 0.4) is 0 Å². The number of rotatable bonds is 4. The molecule has 0 bridgehead atoms. The highest BCUT2D eigenvalue weighted by molar-refractivity contribution is 8.24. The second kappa shape index (κ2) is 16.2. The topological polar surface area (TPSA) is 156 Å². The number of hydrogen-bond donors (Lipinski definition) is 1. The number of H-pyrrole nitrogens is 1. The Morgan fingerprint density at radius 2 is 1.21 bits per heavy atom. The van der Waals surface area contributed by atoms with Crippen molar-refractivity contribution >= 4 is 116 Å². The molecule has 21 heteroatoms. The number of hydrogen-bond acceptors (Lipinski definition) is 9. The summed E-state index contributed by atoms with van der Waals surface area (Å²) in [5.41, 5.74) is 0.605. The Morgan fingerprint density at radius 1 is 0.745 bits per heavy atom. The van der Waals surface area contributed by atoms with Gasteiger partial charge in [0.15, 0.2) is 0 Å². The summed E-state index contributed by atoms with van der Waals surface area (Å²) in [4.78, 5) is 19.2. The van der Waals surface area contributed by atoms with Gasteiger partial charge in [0.05, 0.1) is 37.0 Å². The maximum absolute atomic E-state index is 12.6. The predicted octanol–water partition coefficient (Wildman–Crippen LogP) is 6.58. The molecular weight excluding hydrogens is 804 g/mol. The van der Waals surface area contributed by atoms with Crippen LogP contribution in [-0.2, 0) is 34.1 Å². The summed E-state index contributed by atoms with van der Waals surface area (Å²) in [7, 11) is -7.51. The van der Waals surface area contributed by atoms with Crippen molar-refractivity contribution in [3.8, 4) is 0 Å². The van der Waals surface area contributed by atoms with E-state index in [2.05, 4.69) is 43.7 Å². The number of benzene rings is 2. The molecule has 2 aliphatic rings. The second-order valence-corrected chi connectivity index (χ2v) is 21.4. The van der Waals surface area contributed by atoms with E-state index in [1.165, 1.54) is 27.1 Å². The highest BCUT2D eigenvalue weighted by atomic mass is 36.0. The largest absolute Gasteiger partial charge is 0.379 e. The van der Waals surface area contributed by atoms with E-state index < -0.39 is 30.7 Å². The number of nitrogens with zero attached hydrogens (tertiary/aromatic N) is 3. The molecule has 0 saturated carbocycles. The van der Waals surface area contributed by atoms with Gasteiger partial charge in [-0.2, -0.15) is 8.61 Å². The smallest absolute Gasteiger partial charge is 0.339 e. The first-order valence-electron chi connectivity index (χ1n) is 13.4. The number of nitrogens with one attached hydrogen (secondary N) is 1. The third kappa shape index (κ3) is 9.94. The molecule has 2 aromatic carbocycles. The number of sulfonamides is 2. The third-order valence-electron chi connectivity index (χ3n) is 6.72. The highest BCUT2D eigenvalue weighted by Gasteiger charge is 2.30. The maximum atomic E-state index is 12.6. The standard InChI is InChI=1S/C13H12Cl2N2O3S.C13H13ClN2O4S.Cl3OP/c14-9-1-2-11-10(7-9)13(15)12(8-16-11)21(18,19)17-3-5-20-6-4-17;14-9-1-2-11-10(7-9)13(17)12(8-15-11)21(18,19)16-3-5-20-6-4-16;1-5(2,3)4/h1-2,7-8H,3-6H2;1-2,7-8H,3-6H2,(H,15,17);. The van der Waals surface area contributed by atoms with Gasteiger partial charge in [-0.15, -0.1) is 0 Å². The first-order valence-corrected chi connectivity index (χ1v) is 21.8. The van der Waals surface area contributed by atoms with Gasteiger partial charge in [0.1, 0.15) is 9.79 Å². The van der Waals surface area contributed by atoms with Crippen LogP contribution in [0, 0.1) is 0 Å². The number of morpholine rings is 2. The quantitative estimate of drug-likeness (QED) is 0.225. The highest BCUT2D eigenvalue weighted by Crippen LogP contribution is 2.61. The Labute approximate surface area is 299 Å². The Bertz CT molecular complexity index is 2080. The number of aromatic amines is 1. The van der Waals surface area contributed by atoms with Crippen LogP contribution in [0.4, 0.5) is 0 Å². The zero-order valence-corrected chi connectivity index (χ0v) is 31.0. The molecule has 2 fully saturated rings. The number of fused-ring (bicyclic) bond motifs is 2. The fraction of sp³-hybridized carbons (Fsp3) is 0.308.